The van der Waals surface area contributed by atoms with Crippen molar-refractivity contribution in [2.45, 2.75) is 0 Å². The highest BCUT2D eigenvalue weighted by Gasteiger charge is 1.93. The van der Waals surface area contributed by atoms with Crippen LogP contribution in [0.3, 0.4) is 0 Å². The van der Waals surface area contributed by atoms with Gasteiger partial charge in [-0.1, -0.05) is 0 Å². The third kappa shape index (κ3) is 0.556. The molecule has 2 aromatic rings. The van der Waals surface area contributed by atoms with E-state index in [-0.39, 0.29) is 0 Å². The first-order valence-corrected chi connectivity index (χ1v) is 2.90. The maximum atomic E-state index is 5.56. The fourth-order valence-electron chi connectivity index (χ4n) is 0.871. The lowest BCUT2D eigenvalue weighted by atomic mass is 10.6. The van der Waals surface area contributed by atoms with Crippen LogP contribution in [0, 0.1) is 0 Å². The Labute approximate surface area is 57.3 Å². The predicted molar refractivity (Wildman–Crippen MR) is 37.4 cm³/mol. The van der Waals surface area contributed by atoms with Gasteiger partial charge in [-0.25, -0.2) is 4.98 Å². The zero-order valence-electron chi connectivity index (χ0n) is 5.23. The van der Waals surface area contributed by atoms with Crippen molar-refractivity contribution in [1.82, 2.24) is 14.4 Å². The van der Waals surface area contributed by atoms with Crippen LogP contribution < -0.4 is 5.73 Å². The lowest BCUT2D eigenvalue weighted by Crippen LogP contribution is -1.95. The minimum Gasteiger partial charge on any atom is -0.383 e. The summed E-state index contributed by atoms with van der Waals surface area (Å²) in [6.07, 6.45) is 6.74. The smallest absolute Gasteiger partial charge is 0.156 e. The lowest BCUT2D eigenvalue weighted by molar-refractivity contribution is 1.14. The zero-order chi connectivity index (χ0) is 6.97. The Morgan fingerprint density at radius 1 is 1.40 bits per heavy atom. The van der Waals surface area contributed by atoms with Crippen LogP contribution in [0.4, 0.5) is 5.82 Å². The van der Waals surface area contributed by atoms with Gasteiger partial charge in [0, 0.05) is 12.4 Å². The molecule has 4 heteroatoms. The third-order valence-electron chi connectivity index (χ3n) is 1.34. The molecule has 0 aliphatic carbocycles. The van der Waals surface area contributed by atoms with E-state index in [0.717, 1.165) is 5.65 Å². The molecule has 2 heterocycles. The van der Waals surface area contributed by atoms with Crippen molar-refractivity contribution in [1.29, 1.82) is 0 Å². The molecule has 4 nitrogen and oxygen atoms in total. The second kappa shape index (κ2) is 1.70. The van der Waals surface area contributed by atoms with Crippen LogP contribution in [0.15, 0.2) is 24.8 Å². The maximum Gasteiger partial charge on any atom is 0.156 e. The standard InChI is InChI=1S/C6H6N4/c7-5-3-8-4-6-9-1-2-10(5)6/h1-4H,7H2. The number of imidazole rings is 1. The van der Waals surface area contributed by atoms with E-state index < -0.39 is 0 Å². The van der Waals surface area contributed by atoms with Crippen LogP contribution in [-0.2, 0) is 0 Å². The average molecular weight is 134 g/mol. The molecule has 50 valence electrons. The van der Waals surface area contributed by atoms with E-state index in [1.165, 1.54) is 0 Å². The molecule has 0 saturated carbocycles. The van der Waals surface area contributed by atoms with Crippen molar-refractivity contribution >= 4 is 11.5 Å². The van der Waals surface area contributed by atoms with Gasteiger partial charge in [0.2, 0.25) is 0 Å². The summed E-state index contributed by atoms with van der Waals surface area (Å²) in [7, 11) is 0. The second-order valence-corrected chi connectivity index (χ2v) is 1.99. The summed E-state index contributed by atoms with van der Waals surface area (Å²) in [6, 6.07) is 0. The molecule has 0 radical (unpaired) electrons. The molecule has 2 aromatic heterocycles. The number of rotatable bonds is 0. The minimum absolute atomic E-state index is 0.606. The molecular formula is C6H6N4. The molecule has 0 fully saturated rings. The van der Waals surface area contributed by atoms with Gasteiger partial charge >= 0.3 is 0 Å². The van der Waals surface area contributed by atoms with Crippen LogP contribution in [0.1, 0.15) is 0 Å². The Kier molecular flexibility index (Phi) is 0.887. The van der Waals surface area contributed by atoms with E-state index in [4.69, 9.17) is 5.73 Å². The Balaban J connectivity index is 2.95. The van der Waals surface area contributed by atoms with Gasteiger partial charge in [-0.05, 0) is 0 Å². The molecule has 0 atom stereocenters. The van der Waals surface area contributed by atoms with Crippen LogP contribution in [-0.4, -0.2) is 14.4 Å². The van der Waals surface area contributed by atoms with Gasteiger partial charge in [-0.15, -0.1) is 0 Å². The van der Waals surface area contributed by atoms with Gasteiger partial charge in [-0.2, -0.15) is 0 Å². The van der Waals surface area contributed by atoms with Crippen molar-refractivity contribution < 1.29 is 0 Å². The first kappa shape index (κ1) is 5.22. The van der Waals surface area contributed by atoms with Gasteiger partial charge < -0.3 is 5.73 Å². The molecule has 0 spiro atoms. The van der Waals surface area contributed by atoms with Crippen molar-refractivity contribution in [2.75, 3.05) is 5.73 Å². The molecule has 0 amide bonds. The molecule has 0 aliphatic heterocycles. The highest BCUT2D eigenvalue weighted by Crippen LogP contribution is 2.02. The summed E-state index contributed by atoms with van der Waals surface area (Å²) in [4.78, 5) is 7.88. The van der Waals surface area contributed by atoms with Crippen LogP contribution in [0.2, 0.25) is 0 Å². The number of fused-ring (bicyclic) bond motifs is 1. The number of hydrogen-bond donors (Lipinski definition) is 1. The van der Waals surface area contributed by atoms with Crippen LogP contribution >= 0.6 is 0 Å². The van der Waals surface area contributed by atoms with E-state index in [1.807, 2.05) is 0 Å². The highest BCUT2D eigenvalue weighted by atomic mass is 15.1. The Morgan fingerprint density at radius 2 is 2.30 bits per heavy atom. The molecule has 2 rings (SSSR count). The average Bonchev–Trinajstić information content (AvgIpc) is 2.36. The molecule has 0 aromatic carbocycles. The van der Waals surface area contributed by atoms with E-state index in [0.29, 0.717) is 5.82 Å². The first-order valence-electron chi connectivity index (χ1n) is 2.90. The largest absolute Gasteiger partial charge is 0.383 e. The Morgan fingerprint density at radius 3 is 3.10 bits per heavy atom. The third-order valence-corrected chi connectivity index (χ3v) is 1.34. The summed E-state index contributed by atoms with van der Waals surface area (Å²) in [5.74, 6) is 0.606. The topological polar surface area (TPSA) is 56.2 Å². The number of anilines is 1. The number of aromatic nitrogens is 3. The fourth-order valence-corrected chi connectivity index (χ4v) is 0.871. The normalized spacial score (nSPS) is 10.4. The molecule has 0 unspecified atom stereocenters. The monoisotopic (exact) mass is 134 g/mol. The van der Waals surface area contributed by atoms with Crippen LogP contribution in [0.25, 0.3) is 5.65 Å². The zero-order valence-corrected chi connectivity index (χ0v) is 5.23. The van der Waals surface area contributed by atoms with Crippen molar-refractivity contribution in [3.8, 4) is 0 Å². The quantitative estimate of drug-likeness (QED) is 0.564. The SMILES string of the molecule is Nc1cncc2nccn12. The Hall–Kier alpha value is -1.58. The minimum atomic E-state index is 0.606. The lowest BCUT2D eigenvalue weighted by Gasteiger charge is -1.94. The summed E-state index contributed by atoms with van der Waals surface area (Å²) in [5, 5.41) is 0. The first-order chi connectivity index (χ1) is 4.88. The summed E-state index contributed by atoms with van der Waals surface area (Å²) in [5.41, 5.74) is 6.34. The van der Waals surface area contributed by atoms with Gasteiger partial charge in [0.25, 0.3) is 0 Å². The second-order valence-electron chi connectivity index (χ2n) is 1.99. The predicted octanol–water partition coefficient (Wildman–Crippen LogP) is 0.311. The summed E-state index contributed by atoms with van der Waals surface area (Å²) >= 11 is 0. The maximum absolute atomic E-state index is 5.56. The molecule has 0 bridgehead atoms. The number of nitrogens with two attached hydrogens (primary N) is 1. The number of nitrogen functional groups attached to an aromatic ring is 1. The van der Waals surface area contributed by atoms with E-state index in [1.54, 1.807) is 29.2 Å². The number of nitrogens with zero attached hydrogens (tertiary/aromatic N) is 3. The van der Waals surface area contributed by atoms with Gasteiger partial charge in [0.15, 0.2) is 5.65 Å². The van der Waals surface area contributed by atoms with E-state index >= 15 is 0 Å². The van der Waals surface area contributed by atoms with Crippen molar-refractivity contribution in [3.63, 3.8) is 0 Å². The summed E-state index contributed by atoms with van der Waals surface area (Å²) in [6.45, 7) is 0. The molecule has 0 aliphatic rings. The number of hydrogen-bond acceptors (Lipinski definition) is 3. The van der Waals surface area contributed by atoms with Gasteiger partial charge in [0.1, 0.15) is 5.82 Å². The van der Waals surface area contributed by atoms with Crippen LogP contribution in [0.5, 0.6) is 0 Å². The molecule has 10 heavy (non-hydrogen) atoms. The van der Waals surface area contributed by atoms with Crippen molar-refractivity contribution in [2.24, 2.45) is 0 Å². The highest BCUT2D eigenvalue weighted by molar-refractivity contribution is 5.43. The molecule has 0 saturated heterocycles. The summed E-state index contributed by atoms with van der Waals surface area (Å²) < 4.78 is 1.77. The van der Waals surface area contributed by atoms with Gasteiger partial charge in [-0.3, -0.25) is 9.38 Å². The Bertz CT molecular complexity index is 351. The molecule has 2 N–H and O–H groups in total. The van der Waals surface area contributed by atoms with Crippen molar-refractivity contribution in [3.05, 3.63) is 24.8 Å². The van der Waals surface area contributed by atoms with E-state index in [2.05, 4.69) is 9.97 Å². The van der Waals surface area contributed by atoms with E-state index in [9.17, 15) is 0 Å². The molecular weight excluding hydrogens is 128 g/mol. The van der Waals surface area contributed by atoms with Gasteiger partial charge in [0.05, 0.1) is 12.4 Å². The fraction of sp³-hybridized carbons (Fsp3) is 0.